The minimum absolute atomic E-state index is 0.333. The number of carboxylic acids is 1. The van der Waals surface area contributed by atoms with E-state index >= 15 is 0 Å². The monoisotopic (exact) mass is 263 g/mol. The highest BCUT2D eigenvalue weighted by Crippen LogP contribution is 2.11. The minimum atomic E-state index is -0.878. The van der Waals surface area contributed by atoms with E-state index in [9.17, 15) is 4.79 Å². The highest BCUT2D eigenvalue weighted by molar-refractivity contribution is 5.87. The molecule has 106 valence electrons. The van der Waals surface area contributed by atoms with Crippen LogP contribution >= 0.6 is 0 Å². The summed E-state index contributed by atoms with van der Waals surface area (Å²) in [6.45, 7) is 5.48. The topological polar surface area (TPSA) is 49.3 Å². The molecule has 0 radical (unpaired) electrons. The van der Waals surface area contributed by atoms with E-state index in [0.717, 1.165) is 18.2 Å². The van der Waals surface area contributed by atoms with Gasteiger partial charge < -0.3 is 10.4 Å². The zero-order chi connectivity index (χ0) is 14.1. The molecule has 3 heteroatoms. The second-order valence-electron chi connectivity index (χ2n) is 5.41. The zero-order valence-electron chi connectivity index (χ0n) is 12.0. The number of rotatable bonds is 9. The van der Waals surface area contributed by atoms with Crippen molar-refractivity contribution in [3.8, 4) is 0 Å². The lowest BCUT2D eigenvalue weighted by Crippen LogP contribution is -2.02. The maximum absolute atomic E-state index is 10.7. The fourth-order valence-corrected chi connectivity index (χ4v) is 1.99. The summed E-state index contributed by atoms with van der Waals surface area (Å²) in [6.07, 6.45) is 6.37. The summed E-state index contributed by atoms with van der Waals surface area (Å²) in [6, 6.07) is 6.91. The van der Waals surface area contributed by atoms with Gasteiger partial charge in [0.2, 0.25) is 0 Å². The molecule has 1 aromatic carbocycles. The van der Waals surface area contributed by atoms with Crippen molar-refractivity contribution in [2.24, 2.45) is 5.92 Å². The third kappa shape index (κ3) is 6.85. The van der Waals surface area contributed by atoms with Gasteiger partial charge in [-0.05, 0) is 36.6 Å². The van der Waals surface area contributed by atoms with Crippen molar-refractivity contribution in [2.75, 3.05) is 11.9 Å². The zero-order valence-corrected chi connectivity index (χ0v) is 12.0. The first-order valence-electron chi connectivity index (χ1n) is 7.17. The van der Waals surface area contributed by atoms with Gasteiger partial charge >= 0.3 is 5.97 Å². The lowest BCUT2D eigenvalue weighted by atomic mass is 10.0. The van der Waals surface area contributed by atoms with Crippen LogP contribution in [-0.4, -0.2) is 17.6 Å². The fourth-order valence-electron chi connectivity index (χ4n) is 1.99. The summed E-state index contributed by atoms with van der Waals surface area (Å²) in [5.41, 5.74) is 1.33. The van der Waals surface area contributed by atoms with Crippen LogP contribution < -0.4 is 5.32 Å². The summed E-state index contributed by atoms with van der Waals surface area (Å²) in [4.78, 5) is 10.7. The van der Waals surface area contributed by atoms with Crippen molar-refractivity contribution in [2.45, 2.75) is 46.0 Å². The Morgan fingerprint density at radius 1 is 1.11 bits per heavy atom. The average Bonchev–Trinajstić information content (AvgIpc) is 2.38. The van der Waals surface area contributed by atoms with Gasteiger partial charge in [-0.1, -0.05) is 39.5 Å². The summed E-state index contributed by atoms with van der Waals surface area (Å²) < 4.78 is 0. The second-order valence-corrected chi connectivity index (χ2v) is 5.41. The number of anilines is 1. The molecule has 0 heterocycles. The Morgan fingerprint density at radius 3 is 2.32 bits per heavy atom. The van der Waals surface area contributed by atoms with E-state index in [0.29, 0.717) is 5.56 Å². The van der Waals surface area contributed by atoms with E-state index in [1.54, 1.807) is 12.1 Å². The third-order valence-electron chi connectivity index (χ3n) is 3.17. The number of nitrogens with one attached hydrogen (secondary N) is 1. The molecule has 0 unspecified atom stereocenters. The van der Waals surface area contributed by atoms with Crippen LogP contribution in [0.3, 0.4) is 0 Å². The van der Waals surface area contributed by atoms with Gasteiger partial charge in [-0.15, -0.1) is 0 Å². The van der Waals surface area contributed by atoms with Crippen molar-refractivity contribution in [1.29, 1.82) is 0 Å². The molecule has 0 saturated carbocycles. The molecule has 2 N–H and O–H groups in total. The highest BCUT2D eigenvalue weighted by Gasteiger charge is 2.01. The fraction of sp³-hybridized carbons (Fsp3) is 0.562. The summed E-state index contributed by atoms with van der Waals surface area (Å²) in [5, 5.41) is 12.1. The Labute approximate surface area is 116 Å². The lowest BCUT2D eigenvalue weighted by molar-refractivity contribution is 0.0697. The summed E-state index contributed by atoms with van der Waals surface area (Å²) in [5.74, 6) is -0.0671. The maximum Gasteiger partial charge on any atom is 0.335 e. The third-order valence-corrected chi connectivity index (χ3v) is 3.17. The number of carboxylic acid groups (broad SMARTS) is 1. The van der Waals surface area contributed by atoms with E-state index in [-0.39, 0.29) is 0 Å². The molecular weight excluding hydrogens is 238 g/mol. The van der Waals surface area contributed by atoms with Gasteiger partial charge in [-0.25, -0.2) is 4.79 Å². The van der Waals surface area contributed by atoms with E-state index in [4.69, 9.17) is 5.11 Å². The summed E-state index contributed by atoms with van der Waals surface area (Å²) in [7, 11) is 0. The van der Waals surface area contributed by atoms with Crippen molar-refractivity contribution in [3.05, 3.63) is 29.8 Å². The molecule has 1 rings (SSSR count). The molecule has 0 spiro atoms. The largest absolute Gasteiger partial charge is 0.478 e. The maximum atomic E-state index is 10.7. The summed E-state index contributed by atoms with van der Waals surface area (Å²) >= 11 is 0. The molecule has 3 nitrogen and oxygen atoms in total. The van der Waals surface area contributed by atoms with Gasteiger partial charge in [0.15, 0.2) is 0 Å². The van der Waals surface area contributed by atoms with Crippen molar-refractivity contribution in [3.63, 3.8) is 0 Å². The van der Waals surface area contributed by atoms with Crippen molar-refractivity contribution < 1.29 is 9.90 Å². The van der Waals surface area contributed by atoms with Gasteiger partial charge in [0, 0.05) is 12.2 Å². The van der Waals surface area contributed by atoms with Gasteiger partial charge in [0.1, 0.15) is 0 Å². The number of hydrogen-bond donors (Lipinski definition) is 2. The number of carbonyl (C=O) groups is 1. The molecule has 0 fully saturated rings. The number of unbranched alkanes of at least 4 members (excludes halogenated alkanes) is 3. The van der Waals surface area contributed by atoms with Crippen LogP contribution in [0.15, 0.2) is 24.3 Å². The van der Waals surface area contributed by atoms with Gasteiger partial charge in [0.05, 0.1) is 5.56 Å². The quantitative estimate of drug-likeness (QED) is 0.649. The van der Waals surface area contributed by atoms with Gasteiger partial charge in [0.25, 0.3) is 0 Å². The number of benzene rings is 1. The molecule has 0 aliphatic heterocycles. The van der Waals surface area contributed by atoms with Crippen LogP contribution in [0.4, 0.5) is 5.69 Å². The molecule has 0 saturated heterocycles. The first-order chi connectivity index (χ1) is 9.09. The van der Waals surface area contributed by atoms with E-state index in [1.807, 2.05) is 12.1 Å². The molecule has 0 amide bonds. The van der Waals surface area contributed by atoms with Crippen LogP contribution in [0.25, 0.3) is 0 Å². The standard InChI is InChI=1S/C16H25NO2/c1-13(2)7-5-3-4-6-12-17-15-10-8-14(9-11-15)16(18)19/h8-11,13,17H,3-7,12H2,1-2H3,(H,18,19). The molecule has 0 bridgehead atoms. The Hall–Kier alpha value is -1.51. The smallest absolute Gasteiger partial charge is 0.335 e. The Bertz CT molecular complexity index is 371. The first kappa shape index (κ1) is 15.5. The SMILES string of the molecule is CC(C)CCCCCCNc1ccc(C(=O)O)cc1. The average molecular weight is 263 g/mol. The van der Waals surface area contributed by atoms with Crippen LogP contribution in [0.2, 0.25) is 0 Å². The van der Waals surface area contributed by atoms with Gasteiger partial charge in [-0.3, -0.25) is 0 Å². The van der Waals surface area contributed by atoms with E-state index in [1.165, 1.54) is 32.1 Å². The number of hydrogen-bond acceptors (Lipinski definition) is 2. The molecule has 1 aromatic rings. The number of aromatic carboxylic acids is 1. The van der Waals surface area contributed by atoms with Gasteiger partial charge in [-0.2, -0.15) is 0 Å². The molecule has 0 aliphatic rings. The van der Waals surface area contributed by atoms with Crippen LogP contribution in [-0.2, 0) is 0 Å². The van der Waals surface area contributed by atoms with Crippen molar-refractivity contribution in [1.82, 2.24) is 0 Å². The van der Waals surface area contributed by atoms with Crippen LogP contribution in [0.1, 0.15) is 56.3 Å². The first-order valence-corrected chi connectivity index (χ1v) is 7.17. The predicted molar refractivity (Wildman–Crippen MR) is 79.8 cm³/mol. The lowest BCUT2D eigenvalue weighted by Gasteiger charge is -2.07. The van der Waals surface area contributed by atoms with E-state index in [2.05, 4.69) is 19.2 Å². The second kappa shape index (κ2) is 8.57. The van der Waals surface area contributed by atoms with Crippen LogP contribution in [0.5, 0.6) is 0 Å². The molecular formula is C16H25NO2. The Balaban J connectivity index is 2.11. The molecule has 19 heavy (non-hydrogen) atoms. The van der Waals surface area contributed by atoms with Crippen molar-refractivity contribution >= 4 is 11.7 Å². The predicted octanol–water partition coefficient (Wildman–Crippen LogP) is 4.40. The van der Waals surface area contributed by atoms with Crippen LogP contribution in [0, 0.1) is 5.92 Å². The molecule has 0 atom stereocenters. The molecule has 0 aliphatic carbocycles. The normalized spacial score (nSPS) is 10.7. The Morgan fingerprint density at radius 2 is 1.74 bits per heavy atom. The Kier molecular flexibility index (Phi) is 7.01. The highest BCUT2D eigenvalue weighted by atomic mass is 16.4. The minimum Gasteiger partial charge on any atom is -0.478 e. The van der Waals surface area contributed by atoms with E-state index < -0.39 is 5.97 Å². The molecule has 0 aromatic heterocycles.